The lowest BCUT2D eigenvalue weighted by atomic mass is 10.0. The maximum absolute atomic E-state index is 9.21. The van der Waals surface area contributed by atoms with Crippen molar-refractivity contribution in [2.45, 2.75) is 26.8 Å². The maximum atomic E-state index is 9.21. The van der Waals surface area contributed by atoms with E-state index in [1.807, 2.05) is 25.1 Å². The molecule has 1 unspecified atom stereocenters. The van der Waals surface area contributed by atoms with Crippen molar-refractivity contribution in [3.63, 3.8) is 0 Å². The lowest BCUT2D eigenvalue weighted by Crippen LogP contribution is -2.29. The topological polar surface area (TPSA) is 58.3 Å². The molecular weight excluding hydrogens is 188 g/mol. The van der Waals surface area contributed by atoms with Gasteiger partial charge in [0.1, 0.15) is 0 Å². The van der Waals surface area contributed by atoms with Crippen LogP contribution in [0.15, 0.2) is 18.2 Å². The average molecular weight is 208 g/mol. The Morgan fingerprint density at radius 3 is 2.60 bits per heavy atom. The third kappa shape index (κ3) is 3.13. The first-order valence-corrected chi connectivity index (χ1v) is 5.28. The Morgan fingerprint density at radius 1 is 1.40 bits per heavy atom. The summed E-state index contributed by atoms with van der Waals surface area (Å²) in [6.07, 6.45) is 0. The molecule has 0 radical (unpaired) electrons. The van der Waals surface area contributed by atoms with Gasteiger partial charge in [0.15, 0.2) is 0 Å². The summed E-state index contributed by atoms with van der Waals surface area (Å²) in [7, 11) is 0. The van der Waals surface area contributed by atoms with Crippen LogP contribution in [-0.2, 0) is 0 Å². The third-order valence-electron chi connectivity index (χ3n) is 2.55. The van der Waals surface area contributed by atoms with Crippen molar-refractivity contribution in [3.8, 4) is 0 Å². The molecule has 0 saturated heterocycles. The third-order valence-corrected chi connectivity index (χ3v) is 2.55. The number of nitrogens with two attached hydrogens (primary N) is 1. The van der Waals surface area contributed by atoms with Crippen molar-refractivity contribution in [3.05, 3.63) is 23.8 Å². The molecule has 0 aliphatic rings. The van der Waals surface area contributed by atoms with E-state index in [-0.39, 0.29) is 12.6 Å². The van der Waals surface area contributed by atoms with Crippen LogP contribution >= 0.6 is 0 Å². The number of benzene rings is 1. The molecule has 0 amide bonds. The van der Waals surface area contributed by atoms with Crippen LogP contribution in [0.1, 0.15) is 19.4 Å². The van der Waals surface area contributed by atoms with E-state index in [1.165, 1.54) is 0 Å². The summed E-state index contributed by atoms with van der Waals surface area (Å²) in [6.45, 7) is 6.28. The number of hydrogen-bond donors (Lipinski definition) is 3. The zero-order chi connectivity index (χ0) is 11.4. The molecule has 0 bridgehead atoms. The Hall–Kier alpha value is -1.22. The summed E-state index contributed by atoms with van der Waals surface area (Å²) in [5, 5.41) is 12.5. The van der Waals surface area contributed by atoms with E-state index in [1.54, 1.807) is 0 Å². The van der Waals surface area contributed by atoms with Gasteiger partial charge in [-0.1, -0.05) is 19.9 Å². The van der Waals surface area contributed by atoms with Gasteiger partial charge in [-0.2, -0.15) is 0 Å². The smallest absolute Gasteiger partial charge is 0.0635 e. The SMILES string of the molecule is Cc1ccc(N)c(NC(CO)C(C)C)c1. The highest BCUT2D eigenvalue weighted by atomic mass is 16.3. The number of aliphatic hydroxyl groups excluding tert-OH is 1. The molecule has 1 rings (SSSR count). The van der Waals surface area contributed by atoms with Gasteiger partial charge in [-0.3, -0.25) is 0 Å². The fraction of sp³-hybridized carbons (Fsp3) is 0.500. The summed E-state index contributed by atoms with van der Waals surface area (Å²) in [5.74, 6) is 0.370. The van der Waals surface area contributed by atoms with E-state index in [0.717, 1.165) is 16.9 Å². The number of rotatable bonds is 4. The Balaban J connectivity index is 2.82. The second-order valence-electron chi connectivity index (χ2n) is 4.27. The molecule has 0 saturated carbocycles. The number of aryl methyl sites for hydroxylation is 1. The van der Waals surface area contributed by atoms with Gasteiger partial charge in [-0.05, 0) is 30.5 Å². The summed E-state index contributed by atoms with van der Waals surface area (Å²) < 4.78 is 0. The van der Waals surface area contributed by atoms with Crippen molar-refractivity contribution in [1.82, 2.24) is 0 Å². The van der Waals surface area contributed by atoms with Crippen molar-refractivity contribution >= 4 is 11.4 Å². The molecule has 0 aliphatic heterocycles. The number of hydrogen-bond acceptors (Lipinski definition) is 3. The van der Waals surface area contributed by atoms with E-state index in [4.69, 9.17) is 5.73 Å². The molecule has 4 N–H and O–H groups in total. The molecule has 0 spiro atoms. The van der Waals surface area contributed by atoms with Gasteiger partial charge in [-0.25, -0.2) is 0 Å². The first-order valence-electron chi connectivity index (χ1n) is 5.28. The number of nitrogen functional groups attached to an aromatic ring is 1. The molecule has 0 aliphatic carbocycles. The van der Waals surface area contributed by atoms with Crippen LogP contribution in [-0.4, -0.2) is 17.8 Å². The van der Waals surface area contributed by atoms with Crippen LogP contribution in [0.5, 0.6) is 0 Å². The molecule has 3 heteroatoms. The summed E-state index contributed by atoms with van der Waals surface area (Å²) in [6, 6.07) is 5.91. The molecule has 0 aromatic heterocycles. The quantitative estimate of drug-likeness (QED) is 0.663. The van der Waals surface area contributed by atoms with Crippen molar-refractivity contribution in [2.24, 2.45) is 5.92 Å². The lowest BCUT2D eigenvalue weighted by Gasteiger charge is -2.22. The number of nitrogens with one attached hydrogen (secondary N) is 1. The highest BCUT2D eigenvalue weighted by Gasteiger charge is 2.12. The highest BCUT2D eigenvalue weighted by molar-refractivity contribution is 5.67. The normalized spacial score (nSPS) is 12.9. The second-order valence-corrected chi connectivity index (χ2v) is 4.27. The average Bonchev–Trinajstić information content (AvgIpc) is 2.18. The summed E-state index contributed by atoms with van der Waals surface area (Å²) >= 11 is 0. The molecule has 15 heavy (non-hydrogen) atoms. The molecule has 0 heterocycles. The maximum Gasteiger partial charge on any atom is 0.0635 e. The van der Waals surface area contributed by atoms with Crippen LogP contribution in [0.25, 0.3) is 0 Å². The summed E-state index contributed by atoms with van der Waals surface area (Å²) in [4.78, 5) is 0. The Labute approximate surface area is 91.3 Å². The predicted octanol–water partition coefficient (Wildman–Crippen LogP) is 2.01. The van der Waals surface area contributed by atoms with Gasteiger partial charge in [0, 0.05) is 0 Å². The van der Waals surface area contributed by atoms with Gasteiger partial charge in [0.2, 0.25) is 0 Å². The zero-order valence-electron chi connectivity index (χ0n) is 9.62. The van der Waals surface area contributed by atoms with E-state index in [0.29, 0.717) is 5.92 Å². The van der Waals surface area contributed by atoms with Crippen LogP contribution in [0, 0.1) is 12.8 Å². The summed E-state index contributed by atoms with van der Waals surface area (Å²) in [5.41, 5.74) is 8.64. The highest BCUT2D eigenvalue weighted by Crippen LogP contribution is 2.21. The Kier molecular flexibility index (Phi) is 3.97. The van der Waals surface area contributed by atoms with Crippen LogP contribution in [0.4, 0.5) is 11.4 Å². The minimum absolute atomic E-state index is 0.0501. The molecule has 1 atom stereocenters. The van der Waals surface area contributed by atoms with Crippen LogP contribution in [0.3, 0.4) is 0 Å². The first kappa shape index (κ1) is 11.9. The van der Waals surface area contributed by atoms with Gasteiger partial charge >= 0.3 is 0 Å². The van der Waals surface area contributed by atoms with Crippen LogP contribution < -0.4 is 11.1 Å². The van der Waals surface area contributed by atoms with Crippen molar-refractivity contribution < 1.29 is 5.11 Å². The Bertz CT molecular complexity index is 323. The molecular formula is C12H20N2O. The van der Waals surface area contributed by atoms with Crippen molar-refractivity contribution in [2.75, 3.05) is 17.7 Å². The number of anilines is 2. The van der Waals surface area contributed by atoms with Crippen LogP contribution in [0.2, 0.25) is 0 Å². The monoisotopic (exact) mass is 208 g/mol. The molecule has 1 aromatic carbocycles. The van der Waals surface area contributed by atoms with Gasteiger partial charge in [-0.15, -0.1) is 0 Å². The van der Waals surface area contributed by atoms with E-state index < -0.39 is 0 Å². The molecule has 0 fully saturated rings. The predicted molar refractivity (Wildman–Crippen MR) is 64.9 cm³/mol. The van der Waals surface area contributed by atoms with E-state index in [9.17, 15) is 5.11 Å². The molecule has 1 aromatic rings. The second kappa shape index (κ2) is 5.03. The standard InChI is InChI=1S/C12H20N2O/c1-8(2)12(7-15)14-11-6-9(3)4-5-10(11)13/h4-6,8,12,14-15H,7,13H2,1-3H3. The van der Waals surface area contributed by atoms with Gasteiger partial charge in [0.25, 0.3) is 0 Å². The largest absolute Gasteiger partial charge is 0.397 e. The fourth-order valence-corrected chi connectivity index (χ4v) is 1.42. The minimum atomic E-state index is 0.0501. The first-order chi connectivity index (χ1) is 7.04. The van der Waals surface area contributed by atoms with Gasteiger partial charge < -0.3 is 16.2 Å². The zero-order valence-corrected chi connectivity index (χ0v) is 9.62. The van der Waals surface area contributed by atoms with E-state index in [2.05, 4.69) is 19.2 Å². The van der Waals surface area contributed by atoms with E-state index >= 15 is 0 Å². The van der Waals surface area contributed by atoms with Gasteiger partial charge in [0.05, 0.1) is 24.0 Å². The Morgan fingerprint density at radius 2 is 2.07 bits per heavy atom. The molecule has 84 valence electrons. The lowest BCUT2D eigenvalue weighted by molar-refractivity contribution is 0.249. The van der Waals surface area contributed by atoms with Crippen molar-refractivity contribution in [1.29, 1.82) is 0 Å². The minimum Gasteiger partial charge on any atom is -0.397 e. The number of aliphatic hydroxyl groups is 1. The fourth-order valence-electron chi connectivity index (χ4n) is 1.42. The molecule has 3 nitrogen and oxygen atoms in total.